The Morgan fingerprint density at radius 3 is 2.96 bits per heavy atom. The van der Waals surface area contributed by atoms with Crippen molar-refractivity contribution in [1.29, 1.82) is 0 Å². The highest BCUT2D eigenvalue weighted by molar-refractivity contribution is 5.57. The van der Waals surface area contributed by atoms with Crippen molar-refractivity contribution in [3.05, 3.63) is 46.2 Å². The number of rotatable bonds is 3. The minimum absolute atomic E-state index is 0.0315. The Morgan fingerprint density at radius 1 is 1.22 bits per heavy atom. The van der Waals surface area contributed by atoms with Gasteiger partial charge in [-0.3, -0.25) is 4.99 Å². The average Bonchev–Trinajstić information content (AvgIpc) is 3.15. The van der Waals surface area contributed by atoms with Crippen LogP contribution >= 0.6 is 0 Å². The summed E-state index contributed by atoms with van der Waals surface area (Å²) in [4.78, 5) is 11.6. The quantitative estimate of drug-likeness (QED) is 0.814. The second-order valence-electron chi connectivity index (χ2n) is 6.21. The van der Waals surface area contributed by atoms with Crippen molar-refractivity contribution in [2.45, 2.75) is 38.1 Å². The van der Waals surface area contributed by atoms with Crippen LogP contribution in [-0.4, -0.2) is 21.1 Å². The number of aromatic amines is 1. The van der Waals surface area contributed by atoms with E-state index in [1.165, 1.54) is 32.1 Å². The number of fused-ring (bicyclic) bond motifs is 1. The zero-order chi connectivity index (χ0) is 15.6. The van der Waals surface area contributed by atoms with E-state index in [0.717, 1.165) is 16.1 Å². The van der Waals surface area contributed by atoms with E-state index in [1.54, 1.807) is 6.20 Å². The second kappa shape index (κ2) is 5.91. The van der Waals surface area contributed by atoms with Gasteiger partial charge in [-0.15, -0.1) is 0 Å². The molecule has 0 atom stereocenters. The number of nitrogens with zero attached hydrogens (tertiary/aromatic N) is 2. The zero-order valence-corrected chi connectivity index (χ0v) is 12.9. The van der Waals surface area contributed by atoms with Crippen LogP contribution in [0, 0.1) is 0 Å². The summed E-state index contributed by atoms with van der Waals surface area (Å²) in [6.07, 6.45) is 11.9. The molecule has 2 aromatic rings. The van der Waals surface area contributed by atoms with Crippen LogP contribution in [0.25, 0.3) is 12.2 Å². The molecule has 1 aromatic heterocycles. The summed E-state index contributed by atoms with van der Waals surface area (Å²) in [6.45, 7) is 0. The van der Waals surface area contributed by atoms with Crippen molar-refractivity contribution < 1.29 is 5.11 Å². The Kier molecular flexibility index (Phi) is 3.61. The molecule has 1 aromatic carbocycles. The number of imidazole rings is 1. The van der Waals surface area contributed by atoms with Crippen molar-refractivity contribution >= 4 is 18.1 Å². The van der Waals surface area contributed by atoms with Crippen LogP contribution in [0.3, 0.4) is 0 Å². The van der Waals surface area contributed by atoms with Gasteiger partial charge in [0.15, 0.2) is 0 Å². The Labute approximate surface area is 134 Å². The fraction of sp³-hybridized carbons (Fsp3) is 0.333. The number of hydrogen-bond donors (Lipinski definition) is 3. The summed E-state index contributed by atoms with van der Waals surface area (Å²) in [6, 6.07) is 6.48. The van der Waals surface area contributed by atoms with E-state index in [0.29, 0.717) is 17.7 Å². The third-order valence-electron chi connectivity index (χ3n) is 4.49. The lowest BCUT2D eigenvalue weighted by Crippen LogP contribution is -2.22. The van der Waals surface area contributed by atoms with Crippen LogP contribution in [0.4, 0.5) is 5.95 Å². The molecule has 23 heavy (non-hydrogen) atoms. The van der Waals surface area contributed by atoms with Gasteiger partial charge in [0.2, 0.25) is 11.8 Å². The average molecular weight is 308 g/mol. The van der Waals surface area contributed by atoms with Gasteiger partial charge >= 0.3 is 0 Å². The van der Waals surface area contributed by atoms with Gasteiger partial charge in [0.1, 0.15) is 5.69 Å². The van der Waals surface area contributed by atoms with E-state index in [-0.39, 0.29) is 5.88 Å². The molecular weight excluding hydrogens is 288 g/mol. The van der Waals surface area contributed by atoms with Gasteiger partial charge in [0.05, 0.1) is 5.36 Å². The smallest absolute Gasteiger partial charge is 0.238 e. The highest BCUT2D eigenvalue weighted by atomic mass is 16.3. The molecule has 0 bridgehead atoms. The third-order valence-corrected chi connectivity index (χ3v) is 4.49. The Bertz CT molecular complexity index is 860. The van der Waals surface area contributed by atoms with E-state index in [4.69, 9.17) is 0 Å². The molecule has 0 spiro atoms. The first-order valence-corrected chi connectivity index (χ1v) is 8.20. The van der Waals surface area contributed by atoms with Crippen LogP contribution < -0.4 is 15.9 Å². The van der Waals surface area contributed by atoms with Crippen LogP contribution in [0.5, 0.6) is 5.88 Å². The van der Waals surface area contributed by atoms with Gasteiger partial charge in [0, 0.05) is 17.8 Å². The number of aromatic nitrogens is 2. The summed E-state index contributed by atoms with van der Waals surface area (Å²) in [5.74, 6) is 0.681. The van der Waals surface area contributed by atoms with Crippen LogP contribution in [-0.2, 0) is 0 Å². The molecule has 2 aliphatic rings. The minimum Gasteiger partial charge on any atom is -0.492 e. The molecular formula is C18H20N4O. The monoisotopic (exact) mass is 308 g/mol. The molecule has 4 rings (SSSR count). The van der Waals surface area contributed by atoms with E-state index >= 15 is 0 Å². The van der Waals surface area contributed by atoms with Gasteiger partial charge < -0.3 is 15.4 Å². The number of benzene rings is 1. The summed E-state index contributed by atoms with van der Waals surface area (Å²) in [5.41, 5.74) is 1.72. The third kappa shape index (κ3) is 2.99. The molecule has 0 amide bonds. The largest absolute Gasteiger partial charge is 0.492 e. The lowest BCUT2D eigenvalue weighted by atomic mass is 9.96. The lowest BCUT2D eigenvalue weighted by molar-refractivity contribution is 0.452. The van der Waals surface area contributed by atoms with Crippen LogP contribution in [0.1, 0.15) is 43.4 Å². The van der Waals surface area contributed by atoms with Crippen molar-refractivity contribution in [2.24, 2.45) is 4.99 Å². The van der Waals surface area contributed by atoms with E-state index in [2.05, 4.69) is 26.3 Å². The van der Waals surface area contributed by atoms with Crippen LogP contribution in [0.2, 0.25) is 0 Å². The maximum Gasteiger partial charge on any atom is 0.238 e. The first kappa shape index (κ1) is 14.1. The van der Waals surface area contributed by atoms with Crippen molar-refractivity contribution in [3.63, 3.8) is 0 Å². The summed E-state index contributed by atoms with van der Waals surface area (Å²) in [5, 5.41) is 15.5. The number of nitrogens with one attached hydrogen (secondary N) is 2. The summed E-state index contributed by atoms with van der Waals surface area (Å²) >= 11 is 0. The molecule has 1 saturated carbocycles. The van der Waals surface area contributed by atoms with Crippen LogP contribution in [0.15, 0.2) is 29.4 Å². The molecule has 118 valence electrons. The molecule has 5 heteroatoms. The maximum absolute atomic E-state index is 10.1. The van der Waals surface area contributed by atoms with Gasteiger partial charge in [-0.2, -0.15) is 4.98 Å². The highest BCUT2D eigenvalue weighted by Gasteiger charge is 2.15. The summed E-state index contributed by atoms with van der Waals surface area (Å²) in [7, 11) is 0. The molecule has 5 nitrogen and oxygen atoms in total. The number of anilines is 1. The van der Waals surface area contributed by atoms with E-state index in [9.17, 15) is 5.11 Å². The lowest BCUT2D eigenvalue weighted by Gasteiger charge is -2.22. The molecule has 0 saturated heterocycles. The summed E-state index contributed by atoms with van der Waals surface area (Å²) < 4.78 is 0. The first-order chi connectivity index (χ1) is 11.3. The zero-order valence-electron chi connectivity index (χ0n) is 12.9. The molecule has 0 radical (unpaired) electrons. The normalized spacial score (nSPS) is 18.0. The number of hydrogen-bond acceptors (Lipinski definition) is 4. The molecule has 1 aliphatic heterocycles. The maximum atomic E-state index is 10.1. The Balaban J connectivity index is 1.58. The molecule has 3 N–H and O–H groups in total. The molecule has 1 aliphatic carbocycles. The fourth-order valence-electron chi connectivity index (χ4n) is 3.27. The van der Waals surface area contributed by atoms with Gasteiger partial charge in [-0.1, -0.05) is 25.3 Å². The molecule has 2 heterocycles. The van der Waals surface area contributed by atoms with Crippen molar-refractivity contribution in [2.75, 3.05) is 5.32 Å². The van der Waals surface area contributed by atoms with Gasteiger partial charge in [0.25, 0.3) is 0 Å². The second-order valence-corrected chi connectivity index (χ2v) is 6.21. The van der Waals surface area contributed by atoms with E-state index in [1.807, 2.05) is 24.3 Å². The predicted octanol–water partition coefficient (Wildman–Crippen LogP) is 2.29. The van der Waals surface area contributed by atoms with Crippen molar-refractivity contribution in [1.82, 2.24) is 9.97 Å². The number of aromatic hydroxyl groups is 1. The fourth-order valence-corrected chi connectivity index (χ4v) is 3.27. The Morgan fingerprint density at radius 2 is 2.09 bits per heavy atom. The molecule has 1 fully saturated rings. The SMILES string of the molecule is Oc1nc(NC2CCCCC2)[nH]c1/C=c1\ccc2c(c1)C=CN=2. The predicted molar refractivity (Wildman–Crippen MR) is 90.6 cm³/mol. The number of H-pyrrole nitrogens is 1. The Hall–Kier alpha value is -2.56. The molecule has 0 unspecified atom stereocenters. The topological polar surface area (TPSA) is 73.3 Å². The highest BCUT2D eigenvalue weighted by Crippen LogP contribution is 2.23. The minimum atomic E-state index is 0.0315. The van der Waals surface area contributed by atoms with E-state index < -0.39 is 0 Å². The van der Waals surface area contributed by atoms with Gasteiger partial charge in [-0.25, -0.2) is 0 Å². The first-order valence-electron chi connectivity index (χ1n) is 8.20. The standard InChI is InChI=1S/C18H20N4O/c23-17-16(11-12-6-7-15-13(10-12)8-9-19-15)21-18(22-17)20-14-4-2-1-3-5-14/h6-11,14,23H,1-5H2,(H2,20,21,22)/b12-11+. The van der Waals surface area contributed by atoms with Gasteiger partial charge in [-0.05, 0) is 42.3 Å². The van der Waals surface area contributed by atoms with Crippen molar-refractivity contribution in [3.8, 4) is 5.88 Å².